The highest BCUT2D eigenvalue weighted by Crippen LogP contribution is 2.69. The standard InChI is InChI=1S/C24H23ClN4O3/c1-16-10-18(5-6-20(16)25)32-12-17(30)11-23-13-24(14-23,15-23)28-22(31)19-4-2-7-26-21(19)29-9-3-8-27-29/h2-10H,11-15H2,1H3,(H,28,31). The van der Waals surface area contributed by atoms with Crippen molar-refractivity contribution in [2.75, 3.05) is 6.61 Å². The van der Waals surface area contributed by atoms with Crippen molar-refractivity contribution in [1.82, 2.24) is 20.1 Å². The first-order valence-corrected chi connectivity index (χ1v) is 10.9. The van der Waals surface area contributed by atoms with Crippen LogP contribution in [-0.2, 0) is 4.79 Å². The number of halogens is 1. The van der Waals surface area contributed by atoms with E-state index in [0.29, 0.717) is 28.6 Å². The molecule has 0 aliphatic heterocycles. The highest BCUT2D eigenvalue weighted by molar-refractivity contribution is 6.31. The second-order valence-corrected chi connectivity index (χ2v) is 9.41. The molecule has 3 aliphatic carbocycles. The van der Waals surface area contributed by atoms with Crippen molar-refractivity contribution in [2.24, 2.45) is 5.41 Å². The van der Waals surface area contributed by atoms with Crippen molar-refractivity contribution in [3.05, 3.63) is 71.1 Å². The van der Waals surface area contributed by atoms with Crippen LogP contribution in [0.15, 0.2) is 55.0 Å². The predicted octanol–water partition coefficient (Wildman–Crippen LogP) is 3.92. The summed E-state index contributed by atoms with van der Waals surface area (Å²) in [7, 11) is 0. The Balaban J connectivity index is 1.14. The monoisotopic (exact) mass is 450 g/mol. The summed E-state index contributed by atoms with van der Waals surface area (Å²) in [5, 5.41) is 8.02. The summed E-state index contributed by atoms with van der Waals surface area (Å²) in [5.41, 5.74) is 1.17. The molecule has 6 rings (SSSR count). The van der Waals surface area contributed by atoms with E-state index >= 15 is 0 Å². The van der Waals surface area contributed by atoms with Crippen LogP contribution in [0.2, 0.25) is 5.02 Å². The third-order valence-electron chi connectivity index (χ3n) is 6.37. The fourth-order valence-corrected chi connectivity index (χ4v) is 5.23. The smallest absolute Gasteiger partial charge is 0.255 e. The molecule has 1 N–H and O–H groups in total. The van der Waals surface area contributed by atoms with E-state index in [4.69, 9.17) is 16.3 Å². The number of nitrogens with one attached hydrogen (secondary N) is 1. The van der Waals surface area contributed by atoms with E-state index in [1.54, 1.807) is 53.6 Å². The zero-order valence-electron chi connectivity index (χ0n) is 17.7. The summed E-state index contributed by atoms with van der Waals surface area (Å²) in [6.07, 6.45) is 7.97. The third kappa shape index (κ3) is 3.77. The van der Waals surface area contributed by atoms with Crippen LogP contribution in [0, 0.1) is 12.3 Å². The number of aryl methyl sites for hydroxylation is 1. The van der Waals surface area contributed by atoms with Gasteiger partial charge in [-0.05, 0) is 73.6 Å². The molecule has 1 aromatic carbocycles. The topological polar surface area (TPSA) is 86.1 Å². The number of hydrogen-bond donors (Lipinski definition) is 1. The zero-order valence-corrected chi connectivity index (χ0v) is 18.4. The first-order chi connectivity index (χ1) is 15.4. The van der Waals surface area contributed by atoms with Gasteiger partial charge in [0.15, 0.2) is 11.6 Å². The molecule has 1 amide bonds. The van der Waals surface area contributed by atoms with Gasteiger partial charge in [0.25, 0.3) is 5.91 Å². The van der Waals surface area contributed by atoms with Crippen molar-refractivity contribution >= 4 is 23.3 Å². The van der Waals surface area contributed by atoms with E-state index in [2.05, 4.69) is 15.4 Å². The molecular formula is C24H23ClN4O3. The summed E-state index contributed by atoms with van der Waals surface area (Å²) in [4.78, 5) is 29.7. The number of pyridine rings is 1. The number of carbonyl (C=O) groups is 2. The van der Waals surface area contributed by atoms with Crippen LogP contribution in [0.5, 0.6) is 5.75 Å². The lowest BCUT2D eigenvalue weighted by Gasteiger charge is -2.70. The molecule has 2 bridgehead atoms. The van der Waals surface area contributed by atoms with E-state index < -0.39 is 0 Å². The second-order valence-electron chi connectivity index (χ2n) is 9.01. The minimum absolute atomic E-state index is 0.0105. The molecule has 32 heavy (non-hydrogen) atoms. The van der Waals surface area contributed by atoms with E-state index in [9.17, 15) is 9.59 Å². The zero-order chi connectivity index (χ0) is 22.3. The lowest BCUT2D eigenvalue weighted by Crippen LogP contribution is -2.75. The fourth-order valence-electron chi connectivity index (χ4n) is 5.12. The maximum atomic E-state index is 12.9. The van der Waals surface area contributed by atoms with E-state index in [-0.39, 0.29) is 29.3 Å². The Morgan fingerprint density at radius 1 is 1.19 bits per heavy atom. The number of nitrogens with zero attached hydrogens (tertiary/aromatic N) is 3. The van der Waals surface area contributed by atoms with Crippen molar-refractivity contribution in [3.8, 4) is 11.6 Å². The van der Waals surface area contributed by atoms with Crippen LogP contribution in [0.3, 0.4) is 0 Å². The first kappa shape index (κ1) is 20.7. The summed E-state index contributed by atoms with van der Waals surface area (Å²) < 4.78 is 7.22. The Kier molecular flexibility index (Phi) is 5.01. The average molecular weight is 451 g/mol. The third-order valence-corrected chi connectivity index (χ3v) is 6.80. The quantitative estimate of drug-likeness (QED) is 0.562. The average Bonchev–Trinajstić information content (AvgIpc) is 3.27. The molecule has 3 saturated carbocycles. The lowest BCUT2D eigenvalue weighted by atomic mass is 9.38. The fraction of sp³-hybridized carbons (Fsp3) is 0.333. The van der Waals surface area contributed by atoms with Gasteiger partial charge in [0.05, 0.1) is 5.56 Å². The van der Waals surface area contributed by atoms with Crippen LogP contribution in [0.4, 0.5) is 0 Å². The largest absolute Gasteiger partial charge is 0.486 e. The number of rotatable bonds is 8. The minimum Gasteiger partial charge on any atom is -0.486 e. The molecule has 3 aliphatic rings. The molecule has 8 heteroatoms. The first-order valence-electron chi connectivity index (χ1n) is 10.6. The summed E-state index contributed by atoms with van der Waals surface area (Å²) in [6.45, 7) is 1.95. The van der Waals surface area contributed by atoms with E-state index in [1.165, 1.54) is 0 Å². The van der Waals surface area contributed by atoms with Crippen molar-refractivity contribution in [2.45, 2.75) is 38.1 Å². The van der Waals surface area contributed by atoms with Gasteiger partial charge in [-0.3, -0.25) is 9.59 Å². The van der Waals surface area contributed by atoms with Crippen molar-refractivity contribution in [3.63, 3.8) is 0 Å². The Morgan fingerprint density at radius 2 is 2.00 bits per heavy atom. The molecule has 2 heterocycles. The van der Waals surface area contributed by atoms with Crippen LogP contribution < -0.4 is 10.1 Å². The van der Waals surface area contributed by atoms with E-state index in [1.807, 2.05) is 13.0 Å². The number of Topliss-reactive ketones (excluding diaryl/α,β-unsaturated/α-hetero) is 1. The Hall–Kier alpha value is -3.19. The molecule has 3 aromatic rings. The van der Waals surface area contributed by atoms with Crippen LogP contribution in [0.25, 0.3) is 5.82 Å². The number of ketones is 1. The summed E-state index contributed by atoms with van der Waals surface area (Å²) in [6, 6.07) is 10.6. The molecular weight excluding hydrogens is 428 g/mol. The molecule has 0 radical (unpaired) electrons. The van der Waals surface area contributed by atoms with Crippen molar-refractivity contribution in [1.29, 1.82) is 0 Å². The number of hydrogen-bond acceptors (Lipinski definition) is 5. The second kappa shape index (κ2) is 7.74. The number of benzene rings is 1. The van der Waals surface area contributed by atoms with Gasteiger partial charge in [0.1, 0.15) is 12.4 Å². The number of carbonyl (C=O) groups excluding carboxylic acids is 2. The maximum Gasteiger partial charge on any atom is 0.255 e. The number of ether oxygens (including phenoxy) is 1. The molecule has 2 aromatic heterocycles. The van der Waals surface area contributed by atoms with Gasteiger partial charge in [-0.2, -0.15) is 5.10 Å². The van der Waals surface area contributed by atoms with E-state index in [0.717, 1.165) is 24.8 Å². The van der Waals surface area contributed by atoms with Gasteiger partial charge >= 0.3 is 0 Å². The molecule has 0 unspecified atom stereocenters. The normalized spacial score (nSPS) is 23.1. The van der Waals surface area contributed by atoms with Crippen LogP contribution in [0.1, 0.15) is 41.6 Å². The Labute approximate surface area is 190 Å². The molecule has 3 fully saturated rings. The van der Waals surface area contributed by atoms with Crippen molar-refractivity contribution < 1.29 is 14.3 Å². The summed E-state index contributed by atoms with van der Waals surface area (Å²) in [5.74, 6) is 1.06. The van der Waals surface area contributed by atoms with Gasteiger partial charge in [0, 0.05) is 35.6 Å². The minimum atomic E-state index is -0.220. The SMILES string of the molecule is Cc1cc(OCC(=O)CC23CC(NC(=O)c4cccnc4-n4cccn4)(C2)C3)ccc1Cl. The number of amides is 1. The lowest BCUT2D eigenvalue weighted by molar-refractivity contribution is -0.162. The molecule has 0 atom stereocenters. The molecule has 0 saturated heterocycles. The van der Waals surface area contributed by atoms with Gasteiger partial charge in [-0.25, -0.2) is 9.67 Å². The van der Waals surface area contributed by atoms with Crippen LogP contribution in [-0.4, -0.2) is 38.6 Å². The number of aromatic nitrogens is 3. The van der Waals surface area contributed by atoms with Crippen LogP contribution >= 0.6 is 11.6 Å². The Morgan fingerprint density at radius 3 is 2.72 bits per heavy atom. The maximum absolute atomic E-state index is 12.9. The van der Waals surface area contributed by atoms with Gasteiger partial charge in [-0.1, -0.05) is 11.6 Å². The van der Waals surface area contributed by atoms with Gasteiger partial charge in [-0.15, -0.1) is 0 Å². The molecule has 164 valence electrons. The molecule has 0 spiro atoms. The highest BCUT2D eigenvalue weighted by Gasteiger charge is 2.68. The Bertz CT molecular complexity index is 1170. The predicted molar refractivity (Wildman–Crippen MR) is 119 cm³/mol. The van der Waals surface area contributed by atoms with Gasteiger partial charge < -0.3 is 10.1 Å². The molecule has 7 nitrogen and oxygen atoms in total. The van der Waals surface area contributed by atoms with Gasteiger partial charge in [0.2, 0.25) is 0 Å². The highest BCUT2D eigenvalue weighted by atomic mass is 35.5. The summed E-state index contributed by atoms with van der Waals surface area (Å²) >= 11 is 6.02.